The molecule has 2 fully saturated rings. The Hall–Kier alpha value is -3.00. The molecule has 2 amide bonds. The number of carbonyl (C=O) groups excluding carboxylic acids is 2. The van der Waals surface area contributed by atoms with Gasteiger partial charge in [0.2, 0.25) is 5.91 Å². The summed E-state index contributed by atoms with van der Waals surface area (Å²) < 4.78 is 27.9. The summed E-state index contributed by atoms with van der Waals surface area (Å²) in [5.41, 5.74) is 1.09. The Morgan fingerprint density at radius 2 is 1.72 bits per heavy atom. The third-order valence-corrected chi connectivity index (χ3v) is 6.98. The van der Waals surface area contributed by atoms with Gasteiger partial charge in [-0.1, -0.05) is 26.0 Å². The topological polar surface area (TPSA) is 73.5 Å². The Morgan fingerprint density at radius 1 is 1.06 bits per heavy atom. The minimum atomic E-state index is -0.949. The number of halogens is 2. The quantitative estimate of drug-likeness (QED) is 0.665. The average Bonchev–Trinajstić information content (AvgIpc) is 3.15. The molecule has 3 N–H and O–H groups in total. The van der Waals surface area contributed by atoms with Crippen molar-refractivity contribution in [2.24, 2.45) is 10.8 Å². The molecule has 6 nitrogen and oxygen atoms in total. The van der Waals surface area contributed by atoms with Gasteiger partial charge in [0.15, 0.2) is 0 Å². The van der Waals surface area contributed by atoms with Gasteiger partial charge in [0.25, 0.3) is 5.91 Å². The first-order valence-electron chi connectivity index (χ1n) is 10.7. The lowest BCUT2D eigenvalue weighted by molar-refractivity contribution is -0.117. The van der Waals surface area contributed by atoms with E-state index in [4.69, 9.17) is 0 Å². The number of nitrogens with one attached hydrogen (secondary N) is 3. The Kier molecular flexibility index (Phi) is 5.67. The van der Waals surface area contributed by atoms with Crippen LogP contribution in [0.1, 0.15) is 31.1 Å². The van der Waals surface area contributed by atoms with Crippen LogP contribution < -0.4 is 20.9 Å². The van der Waals surface area contributed by atoms with E-state index < -0.39 is 29.5 Å². The van der Waals surface area contributed by atoms with Crippen molar-refractivity contribution < 1.29 is 18.4 Å². The summed E-state index contributed by atoms with van der Waals surface area (Å²) in [6.45, 7) is 9.37. The van der Waals surface area contributed by atoms with Crippen LogP contribution >= 0.6 is 0 Å². The van der Waals surface area contributed by atoms with Crippen molar-refractivity contribution in [1.29, 1.82) is 0 Å². The lowest BCUT2D eigenvalue weighted by Crippen LogP contribution is -2.42. The minimum absolute atomic E-state index is 0.0731. The molecule has 0 aromatic heterocycles. The smallest absolute Gasteiger partial charge is 0.254 e. The molecular weight excluding hydrogens is 414 g/mol. The van der Waals surface area contributed by atoms with E-state index in [-0.39, 0.29) is 16.4 Å². The first-order valence-corrected chi connectivity index (χ1v) is 10.7. The zero-order chi connectivity index (χ0) is 23.1. The number of benzene rings is 2. The fourth-order valence-corrected chi connectivity index (χ4v) is 4.71. The molecule has 3 atom stereocenters. The van der Waals surface area contributed by atoms with Gasteiger partial charge in [0, 0.05) is 37.0 Å². The molecule has 32 heavy (non-hydrogen) atoms. The van der Waals surface area contributed by atoms with Gasteiger partial charge < -0.3 is 20.9 Å². The number of hydrogen-bond acceptors (Lipinski definition) is 4. The van der Waals surface area contributed by atoms with Crippen LogP contribution in [0, 0.1) is 22.5 Å². The molecule has 2 saturated heterocycles. The van der Waals surface area contributed by atoms with Crippen LogP contribution in [0.5, 0.6) is 0 Å². The predicted octanol–water partition coefficient (Wildman–Crippen LogP) is 3.16. The maximum absolute atomic E-state index is 14.1. The van der Waals surface area contributed by atoms with Crippen molar-refractivity contribution in [3.8, 4) is 0 Å². The number of carbonyl (C=O) groups is 2. The van der Waals surface area contributed by atoms with Crippen LogP contribution in [0.2, 0.25) is 0 Å². The largest absolute Gasteiger partial charge is 0.369 e. The highest BCUT2D eigenvalue weighted by atomic mass is 19.1. The van der Waals surface area contributed by atoms with Crippen molar-refractivity contribution in [3.63, 3.8) is 0 Å². The number of anilines is 2. The second kappa shape index (κ2) is 8.16. The zero-order valence-corrected chi connectivity index (χ0v) is 18.5. The van der Waals surface area contributed by atoms with Gasteiger partial charge in [-0.2, -0.15) is 0 Å². The van der Waals surface area contributed by atoms with E-state index in [0.29, 0.717) is 5.69 Å². The molecule has 170 valence electrons. The highest BCUT2D eigenvalue weighted by Gasteiger charge is 2.55. The Bertz CT molecular complexity index is 1040. The molecule has 0 bridgehead atoms. The highest BCUT2D eigenvalue weighted by Crippen LogP contribution is 2.50. The maximum atomic E-state index is 14.1. The first-order chi connectivity index (χ1) is 15.1. The number of rotatable bonds is 5. The van der Waals surface area contributed by atoms with E-state index in [9.17, 15) is 18.4 Å². The molecule has 0 spiro atoms. The van der Waals surface area contributed by atoms with E-state index in [2.05, 4.69) is 34.7 Å². The Labute approximate surface area is 186 Å². The van der Waals surface area contributed by atoms with Gasteiger partial charge in [-0.3, -0.25) is 9.59 Å². The molecule has 2 aliphatic heterocycles. The Morgan fingerprint density at radius 3 is 2.38 bits per heavy atom. The van der Waals surface area contributed by atoms with E-state index in [1.165, 1.54) is 37.3 Å². The van der Waals surface area contributed by atoms with Crippen LogP contribution in [-0.2, 0) is 4.79 Å². The molecule has 0 saturated carbocycles. The molecule has 4 rings (SSSR count). The Balaban J connectivity index is 1.50. The summed E-state index contributed by atoms with van der Waals surface area (Å²) >= 11 is 0. The second-order valence-electron chi connectivity index (χ2n) is 9.41. The lowest BCUT2D eigenvalue weighted by atomic mass is 9.71. The van der Waals surface area contributed by atoms with Crippen molar-refractivity contribution >= 4 is 23.2 Å². The van der Waals surface area contributed by atoms with E-state index in [0.717, 1.165) is 31.9 Å². The number of hydrogen-bond donors (Lipinski definition) is 3. The van der Waals surface area contributed by atoms with Crippen molar-refractivity contribution in [2.45, 2.75) is 26.8 Å². The van der Waals surface area contributed by atoms with Crippen molar-refractivity contribution in [2.75, 3.05) is 36.4 Å². The third kappa shape index (κ3) is 3.95. The van der Waals surface area contributed by atoms with Crippen LogP contribution in [0.3, 0.4) is 0 Å². The van der Waals surface area contributed by atoms with Gasteiger partial charge in [0.1, 0.15) is 17.7 Å². The summed E-state index contributed by atoms with van der Waals surface area (Å²) in [4.78, 5) is 27.3. The summed E-state index contributed by atoms with van der Waals surface area (Å²) in [7, 11) is 0. The van der Waals surface area contributed by atoms with Gasteiger partial charge in [0.05, 0.1) is 16.9 Å². The standard InChI is InChI=1S/C24H28F2N4O2/c1-15(28-22(32)17-6-4-5-7-18(17)26)21(31)29-19-10-16(25)8-9-20(19)30-13-23(2)11-27-12-24(23,3)14-30/h4-10,15,27H,11-14H2,1-3H3,(H,28,32)(H,29,31). The summed E-state index contributed by atoms with van der Waals surface area (Å²) in [6, 6.07) is 8.95. The fraction of sp³-hybridized carbons (Fsp3) is 0.417. The van der Waals surface area contributed by atoms with E-state index in [1.54, 1.807) is 12.1 Å². The van der Waals surface area contributed by atoms with Crippen molar-refractivity contribution in [3.05, 3.63) is 59.7 Å². The second-order valence-corrected chi connectivity index (χ2v) is 9.41. The third-order valence-electron chi connectivity index (χ3n) is 6.98. The van der Waals surface area contributed by atoms with Crippen LogP contribution in [-0.4, -0.2) is 44.0 Å². The maximum Gasteiger partial charge on any atom is 0.254 e. The molecule has 2 heterocycles. The van der Waals surface area contributed by atoms with Crippen LogP contribution in [0.15, 0.2) is 42.5 Å². The summed E-state index contributed by atoms with van der Waals surface area (Å²) in [6.07, 6.45) is 0. The van der Waals surface area contributed by atoms with Gasteiger partial charge in [-0.25, -0.2) is 8.78 Å². The summed E-state index contributed by atoms with van der Waals surface area (Å²) in [5, 5.41) is 8.70. The van der Waals surface area contributed by atoms with E-state index >= 15 is 0 Å². The van der Waals surface area contributed by atoms with Crippen LogP contribution in [0.25, 0.3) is 0 Å². The first kappa shape index (κ1) is 22.2. The van der Waals surface area contributed by atoms with E-state index in [1.807, 2.05) is 0 Å². The SMILES string of the molecule is CC(NC(=O)c1ccccc1F)C(=O)Nc1cc(F)ccc1N1CC2(C)CNCC2(C)C1. The molecule has 2 aromatic rings. The number of nitrogens with zero attached hydrogens (tertiary/aromatic N) is 1. The molecule has 2 aliphatic rings. The van der Waals surface area contributed by atoms with Gasteiger partial charge in [-0.15, -0.1) is 0 Å². The average molecular weight is 443 g/mol. The van der Waals surface area contributed by atoms with Crippen LogP contribution in [0.4, 0.5) is 20.2 Å². The molecular formula is C24H28F2N4O2. The molecule has 0 radical (unpaired) electrons. The zero-order valence-electron chi connectivity index (χ0n) is 18.5. The predicted molar refractivity (Wildman–Crippen MR) is 120 cm³/mol. The van der Waals surface area contributed by atoms with Gasteiger partial charge in [-0.05, 0) is 37.3 Å². The molecule has 3 unspecified atom stereocenters. The molecule has 8 heteroatoms. The lowest BCUT2D eigenvalue weighted by Gasteiger charge is -2.30. The fourth-order valence-electron chi connectivity index (χ4n) is 4.71. The summed E-state index contributed by atoms with van der Waals surface area (Å²) in [5.74, 6) is -2.34. The number of fused-ring (bicyclic) bond motifs is 1. The van der Waals surface area contributed by atoms with Gasteiger partial charge >= 0.3 is 0 Å². The minimum Gasteiger partial charge on any atom is -0.369 e. The monoisotopic (exact) mass is 442 g/mol. The number of amides is 2. The molecule has 0 aliphatic carbocycles. The molecule has 2 aromatic carbocycles. The normalized spacial score (nSPS) is 25.3. The van der Waals surface area contributed by atoms with Crippen molar-refractivity contribution in [1.82, 2.24) is 10.6 Å². The highest BCUT2D eigenvalue weighted by molar-refractivity contribution is 6.02.